The normalized spacial score (nSPS) is 10.9. The summed E-state index contributed by atoms with van der Waals surface area (Å²) in [7, 11) is 1.64. The Labute approximate surface area is 192 Å². The summed E-state index contributed by atoms with van der Waals surface area (Å²) in [6, 6.07) is 19.1. The smallest absolute Gasteiger partial charge is 0.291 e. The van der Waals surface area contributed by atoms with Crippen LogP contribution in [0, 0.1) is 0 Å². The number of rotatable bonds is 9. The molecule has 1 amide bonds. The van der Waals surface area contributed by atoms with Gasteiger partial charge in [0.05, 0.1) is 25.5 Å². The molecular weight excluding hydrogens is 418 g/mol. The molecule has 0 aliphatic carbocycles. The van der Waals surface area contributed by atoms with Crippen molar-refractivity contribution in [1.29, 1.82) is 0 Å². The molecule has 170 valence electrons. The average Bonchev–Trinajstić information content (AvgIpc) is 3.48. The lowest BCUT2D eigenvalue weighted by Crippen LogP contribution is -2.10. The van der Waals surface area contributed by atoms with E-state index in [1.54, 1.807) is 36.3 Å². The van der Waals surface area contributed by atoms with Gasteiger partial charge in [-0.15, -0.1) is 0 Å². The van der Waals surface area contributed by atoms with Gasteiger partial charge in [0.1, 0.15) is 23.9 Å². The minimum atomic E-state index is -0.344. The van der Waals surface area contributed by atoms with Crippen LogP contribution in [0.3, 0.4) is 0 Å². The molecular formula is C26H27N3O4. The van der Waals surface area contributed by atoms with Crippen molar-refractivity contribution < 1.29 is 18.7 Å². The van der Waals surface area contributed by atoms with Crippen LogP contribution in [0.4, 0.5) is 5.69 Å². The molecule has 0 spiro atoms. The number of carbonyl (C=O) groups excluding carboxylic acids is 1. The Morgan fingerprint density at radius 1 is 1.09 bits per heavy atom. The molecule has 0 aliphatic rings. The zero-order chi connectivity index (χ0) is 23.2. The molecule has 0 saturated carbocycles. The zero-order valence-corrected chi connectivity index (χ0v) is 18.9. The van der Waals surface area contributed by atoms with Gasteiger partial charge in [0.25, 0.3) is 5.91 Å². The van der Waals surface area contributed by atoms with Crippen molar-refractivity contribution in [3.8, 4) is 11.5 Å². The number of methoxy groups -OCH3 is 1. The topological polar surface area (TPSA) is 78.5 Å². The number of hydrogen-bond acceptors (Lipinski definition) is 5. The second-order valence-corrected chi connectivity index (χ2v) is 8.01. The fourth-order valence-corrected chi connectivity index (χ4v) is 3.35. The van der Waals surface area contributed by atoms with Gasteiger partial charge in [-0.25, -0.2) is 0 Å². The van der Waals surface area contributed by atoms with Crippen LogP contribution < -0.4 is 14.8 Å². The minimum Gasteiger partial charge on any atom is -0.497 e. The summed E-state index contributed by atoms with van der Waals surface area (Å²) in [4.78, 5) is 12.6. The molecule has 2 heterocycles. The first-order valence-electron chi connectivity index (χ1n) is 10.8. The predicted molar refractivity (Wildman–Crippen MR) is 126 cm³/mol. The Kier molecular flexibility index (Phi) is 6.78. The Bertz CT molecular complexity index is 1210. The SMILES string of the molecule is COc1cccc(Cn2cc(NC(=O)c3ccc(COc4ccc(C(C)C)cc4)o3)cn2)c1. The van der Waals surface area contributed by atoms with Gasteiger partial charge in [-0.1, -0.05) is 38.1 Å². The Balaban J connectivity index is 1.31. The summed E-state index contributed by atoms with van der Waals surface area (Å²) in [5, 5.41) is 7.12. The van der Waals surface area contributed by atoms with E-state index in [-0.39, 0.29) is 18.3 Å². The third-order valence-corrected chi connectivity index (χ3v) is 5.18. The second kappa shape index (κ2) is 10.1. The summed E-state index contributed by atoms with van der Waals surface area (Å²) < 4.78 is 18.4. The summed E-state index contributed by atoms with van der Waals surface area (Å²) >= 11 is 0. The zero-order valence-electron chi connectivity index (χ0n) is 18.9. The highest BCUT2D eigenvalue weighted by Crippen LogP contribution is 2.20. The molecule has 7 nitrogen and oxygen atoms in total. The lowest BCUT2D eigenvalue weighted by molar-refractivity contribution is 0.0992. The molecule has 2 aromatic heterocycles. The van der Waals surface area contributed by atoms with Gasteiger partial charge < -0.3 is 19.2 Å². The second-order valence-electron chi connectivity index (χ2n) is 8.01. The standard InChI is InChI=1S/C26H27N3O4/c1-18(2)20-7-9-22(10-8-20)32-17-24-11-12-25(33-24)26(30)28-21-14-27-29(16-21)15-19-5-4-6-23(13-19)31-3/h4-14,16,18H,15,17H2,1-3H3,(H,28,30). The molecule has 0 aliphatic heterocycles. The van der Waals surface area contributed by atoms with E-state index in [0.717, 1.165) is 17.1 Å². The van der Waals surface area contributed by atoms with Crippen molar-refractivity contribution in [1.82, 2.24) is 9.78 Å². The monoisotopic (exact) mass is 445 g/mol. The average molecular weight is 446 g/mol. The van der Waals surface area contributed by atoms with Crippen LogP contribution in [0.15, 0.2) is 77.5 Å². The first-order chi connectivity index (χ1) is 16.0. The highest BCUT2D eigenvalue weighted by Gasteiger charge is 2.13. The van der Waals surface area contributed by atoms with Crippen molar-refractivity contribution in [2.24, 2.45) is 0 Å². The van der Waals surface area contributed by atoms with Crippen molar-refractivity contribution in [2.75, 3.05) is 12.4 Å². The number of hydrogen-bond donors (Lipinski definition) is 1. The van der Waals surface area contributed by atoms with E-state index in [4.69, 9.17) is 13.9 Å². The van der Waals surface area contributed by atoms with E-state index in [2.05, 4.69) is 36.4 Å². The summed E-state index contributed by atoms with van der Waals surface area (Å²) in [5.74, 6) is 2.46. The molecule has 4 rings (SSSR count). The largest absolute Gasteiger partial charge is 0.497 e. The molecule has 1 N–H and O–H groups in total. The van der Waals surface area contributed by atoms with Crippen LogP contribution in [0.5, 0.6) is 11.5 Å². The minimum absolute atomic E-state index is 0.212. The first kappa shape index (κ1) is 22.2. The summed E-state index contributed by atoms with van der Waals surface area (Å²) in [6.07, 6.45) is 3.37. The molecule has 4 aromatic rings. The van der Waals surface area contributed by atoms with Crippen LogP contribution >= 0.6 is 0 Å². The molecule has 0 bridgehead atoms. The number of furan rings is 1. The van der Waals surface area contributed by atoms with Crippen molar-refractivity contribution in [3.05, 3.63) is 95.7 Å². The molecule has 7 heteroatoms. The predicted octanol–water partition coefficient (Wildman–Crippen LogP) is 5.49. The fraction of sp³-hybridized carbons (Fsp3) is 0.231. The number of nitrogens with zero attached hydrogens (tertiary/aromatic N) is 2. The number of carbonyl (C=O) groups is 1. The third kappa shape index (κ3) is 5.83. The Morgan fingerprint density at radius 2 is 1.91 bits per heavy atom. The van der Waals surface area contributed by atoms with Gasteiger partial charge in [0.15, 0.2) is 5.76 Å². The number of aromatic nitrogens is 2. The van der Waals surface area contributed by atoms with Gasteiger partial charge in [-0.3, -0.25) is 9.48 Å². The lowest BCUT2D eigenvalue weighted by atomic mass is 10.0. The third-order valence-electron chi connectivity index (χ3n) is 5.18. The highest BCUT2D eigenvalue weighted by atomic mass is 16.5. The first-order valence-corrected chi connectivity index (χ1v) is 10.8. The summed E-state index contributed by atoms with van der Waals surface area (Å²) in [5.41, 5.74) is 2.89. The van der Waals surface area contributed by atoms with Crippen molar-refractivity contribution in [2.45, 2.75) is 32.9 Å². The highest BCUT2D eigenvalue weighted by molar-refractivity contribution is 6.02. The van der Waals surface area contributed by atoms with E-state index < -0.39 is 0 Å². The summed E-state index contributed by atoms with van der Waals surface area (Å²) in [6.45, 7) is 5.11. The van der Waals surface area contributed by atoms with Crippen LogP contribution in [-0.2, 0) is 13.2 Å². The lowest BCUT2D eigenvalue weighted by Gasteiger charge is -2.08. The molecule has 0 saturated heterocycles. The van der Waals surface area contributed by atoms with E-state index in [1.807, 2.05) is 36.4 Å². The van der Waals surface area contributed by atoms with E-state index >= 15 is 0 Å². The van der Waals surface area contributed by atoms with Crippen LogP contribution in [0.25, 0.3) is 0 Å². The van der Waals surface area contributed by atoms with Gasteiger partial charge in [-0.05, 0) is 53.4 Å². The molecule has 33 heavy (non-hydrogen) atoms. The number of anilines is 1. The maximum Gasteiger partial charge on any atom is 0.291 e. The molecule has 0 unspecified atom stereocenters. The van der Waals surface area contributed by atoms with Gasteiger partial charge in [-0.2, -0.15) is 5.10 Å². The molecule has 0 fully saturated rings. The molecule has 0 atom stereocenters. The van der Waals surface area contributed by atoms with Crippen molar-refractivity contribution >= 4 is 11.6 Å². The quantitative estimate of drug-likeness (QED) is 0.369. The van der Waals surface area contributed by atoms with Crippen LogP contribution in [0.2, 0.25) is 0 Å². The van der Waals surface area contributed by atoms with E-state index in [9.17, 15) is 4.79 Å². The Morgan fingerprint density at radius 3 is 2.67 bits per heavy atom. The van der Waals surface area contributed by atoms with Gasteiger partial charge in [0, 0.05) is 6.20 Å². The maximum atomic E-state index is 12.6. The number of benzene rings is 2. The number of amides is 1. The van der Waals surface area contributed by atoms with Crippen molar-refractivity contribution in [3.63, 3.8) is 0 Å². The molecule has 2 aromatic carbocycles. The van der Waals surface area contributed by atoms with Gasteiger partial charge in [0.2, 0.25) is 0 Å². The maximum absolute atomic E-state index is 12.6. The fourth-order valence-electron chi connectivity index (χ4n) is 3.35. The molecule has 0 radical (unpaired) electrons. The van der Waals surface area contributed by atoms with Crippen LogP contribution in [0.1, 0.15) is 47.2 Å². The number of nitrogens with one attached hydrogen (secondary N) is 1. The van der Waals surface area contributed by atoms with E-state index in [1.165, 1.54) is 5.56 Å². The van der Waals surface area contributed by atoms with Gasteiger partial charge >= 0.3 is 0 Å². The number of ether oxygens (including phenoxy) is 2. The Hall–Kier alpha value is -4.00. The van der Waals surface area contributed by atoms with E-state index in [0.29, 0.717) is 23.9 Å². The van der Waals surface area contributed by atoms with Crippen LogP contribution in [-0.4, -0.2) is 22.8 Å².